The van der Waals surface area contributed by atoms with Gasteiger partial charge >= 0.3 is 0 Å². The molecule has 1 aromatic heterocycles. The van der Waals surface area contributed by atoms with E-state index in [4.69, 9.17) is 22.1 Å². The number of halogens is 1. The Balaban J connectivity index is 1.83. The number of nitrogens with zero attached hydrogens (tertiary/aromatic N) is 3. The molecule has 0 saturated carbocycles. The first-order valence-electron chi connectivity index (χ1n) is 8.89. The average Bonchev–Trinajstić information content (AvgIpc) is 2.97. The van der Waals surface area contributed by atoms with Crippen LogP contribution in [-0.4, -0.2) is 28.5 Å². The van der Waals surface area contributed by atoms with Crippen molar-refractivity contribution in [2.24, 2.45) is 0 Å². The minimum atomic E-state index is -0.214. The third kappa shape index (κ3) is 4.43. The fraction of sp³-hybridized carbons (Fsp3) is 0.300. The molecule has 3 aromatic rings. The van der Waals surface area contributed by atoms with E-state index >= 15 is 0 Å². The Morgan fingerprint density at radius 2 is 1.93 bits per heavy atom. The van der Waals surface area contributed by atoms with Crippen LogP contribution >= 0.6 is 12.2 Å². The lowest BCUT2D eigenvalue weighted by atomic mass is 10.2. The zero-order valence-corrected chi connectivity index (χ0v) is 16.6. The lowest BCUT2D eigenvalue weighted by Gasteiger charge is -2.13. The van der Waals surface area contributed by atoms with Crippen LogP contribution in [0.15, 0.2) is 48.5 Å². The zero-order chi connectivity index (χ0) is 19.4. The van der Waals surface area contributed by atoms with Crippen molar-refractivity contribution < 1.29 is 14.0 Å². The van der Waals surface area contributed by atoms with Crippen molar-refractivity contribution in [2.45, 2.75) is 26.7 Å². The normalized spacial score (nSPS) is 12.1. The van der Waals surface area contributed by atoms with Crippen molar-refractivity contribution in [1.82, 2.24) is 14.3 Å². The van der Waals surface area contributed by atoms with Crippen LogP contribution in [0.3, 0.4) is 0 Å². The number of methoxy groups -OCH3 is 1. The van der Waals surface area contributed by atoms with Gasteiger partial charge in [0, 0.05) is 17.7 Å². The maximum Gasteiger partial charge on any atom is 0.203 e. The van der Waals surface area contributed by atoms with E-state index in [1.807, 2.05) is 46.6 Å². The van der Waals surface area contributed by atoms with Crippen molar-refractivity contribution >= 4 is 12.2 Å². The summed E-state index contributed by atoms with van der Waals surface area (Å²) in [5.74, 6) is 1.43. The van der Waals surface area contributed by atoms with E-state index in [0.29, 0.717) is 18.0 Å². The second-order valence-electron chi connectivity index (χ2n) is 6.50. The molecule has 0 radical (unpaired) electrons. The van der Waals surface area contributed by atoms with Crippen molar-refractivity contribution in [2.75, 3.05) is 14.2 Å². The van der Waals surface area contributed by atoms with Crippen LogP contribution in [-0.2, 0) is 19.8 Å². The van der Waals surface area contributed by atoms with Gasteiger partial charge in [-0.15, -0.1) is 5.10 Å². The number of ether oxygens (including phenoxy) is 1. The number of aromatic nitrogens is 3. The van der Waals surface area contributed by atoms with Crippen LogP contribution in [0, 0.1) is 10.6 Å². The molecule has 0 saturated heterocycles. The third-order valence-corrected chi connectivity index (χ3v) is 4.83. The summed E-state index contributed by atoms with van der Waals surface area (Å²) in [6.07, 6.45) is 0. The van der Waals surface area contributed by atoms with Crippen LogP contribution in [0.4, 0.5) is 4.39 Å². The van der Waals surface area contributed by atoms with Crippen molar-refractivity contribution in [1.29, 1.82) is 0 Å². The maximum absolute atomic E-state index is 13.4. The first kappa shape index (κ1) is 19.3. The molecular weight excluding hydrogens is 363 g/mol. The molecule has 5 nitrogen and oxygen atoms in total. The molecule has 27 heavy (non-hydrogen) atoms. The second kappa shape index (κ2) is 8.45. The van der Waals surface area contributed by atoms with Crippen LogP contribution in [0.25, 0.3) is 11.4 Å². The Hall–Kier alpha value is -2.51. The van der Waals surface area contributed by atoms with Gasteiger partial charge in [0.05, 0.1) is 14.2 Å². The molecule has 0 amide bonds. The highest BCUT2D eigenvalue weighted by Gasteiger charge is 2.15. The van der Waals surface area contributed by atoms with Crippen molar-refractivity contribution in [3.8, 4) is 17.1 Å². The van der Waals surface area contributed by atoms with E-state index in [1.165, 1.54) is 11.0 Å². The Labute approximate surface area is 163 Å². The number of quaternary nitrogens is 1. The zero-order valence-electron chi connectivity index (χ0n) is 15.8. The van der Waals surface area contributed by atoms with Gasteiger partial charge in [0.15, 0.2) is 12.5 Å². The van der Waals surface area contributed by atoms with Gasteiger partial charge < -0.3 is 14.2 Å². The molecule has 0 spiro atoms. The lowest BCUT2D eigenvalue weighted by Crippen LogP contribution is -3.07. The molecular formula is C20H24FN4OS+. The largest absolute Gasteiger partial charge is 0.497 e. The van der Waals surface area contributed by atoms with Gasteiger partial charge in [-0.1, -0.05) is 12.1 Å². The first-order valence-corrected chi connectivity index (χ1v) is 9.30. The molecule has 1 heterocycles. The molecule has 1 N–H and O–H groups in total. The molecule has 1 unspecified atom stereocenters. The summed E-state index contributed by atoms with van der Waals surface area (Å²) < 4.78 is 23.2. The van der Waals surface area contributed by atoms with E-state index in [9.17, 15) is 4.39 Å². The van der Waals surface area contributed by atoms with E-state index < -0.39 is 0 Å². The van der Waals surface area contributed by atoms with Crippen LogP contribution < -0.4 is 9.64 Å². The standard InChI is InChI=1S/C20H23FN4OS/c1-4-24-19(16-8-10-18(26-3)11-9-16)22-25(20(24)27)14-23(2)13-15-6-5-7-17(21)12-15/h5-12H,4,13-14H2,1-3H3/p+1. The van der Waals surface area contributed by atoms with E-state index in [0.717, 1.165) is 29.2 Å². The highest BCUT2D eigenvalue weighted by Crippen LogP contribution is 2.21. The predicted molar refractivity (Wildman–Crippen MR) is 106 cm³/mol. The lowest BCUT2D eigenvalue weighted by molar-refractivity contribution is -0.917. The monoisotopic (exact) mass is 387 g/mol. The molecule has 0 aliphatic rings. The minimum Gasteiger partial charge on any atom is -0.497 e. The summed E-state index contributed by atoms with van der Waals surface area (Å²) in [5, 5.41) is 4.75. The van der Waals surface area contributed by atoms with Crippen LogP contribution in [0.2, 0.25) is 0 Å². The first-order chi connectivity index (χ1) is 13.0. The number of benzene rings is 2. The Morgan fingerprint density at radius 3 is 2.56 bits per heavy atom. The van der Waals surface area contributed by atoms with Gasteiger partial charge in [0.1, 0.15) is 18.1 Å². The Morgan fingerprint density at radius 1 is 1.19 bits per heavy atom. The smallest absolute Gasteiger partial charge is 0.203 e. The molecule has 142 valence electrons. The average molecular weight is 388 g/mol. The SMILES string of the molecule is CCn1c(-c2ccc(OC)cc2)nn(C[NH+](C)Cc2cccc(F)c2)c1=S. The quantitative estimate of drug-likeness (QED) is 0.634. The van der Waals surface area contributed by atoms with Crippen molar-refractivity contribution in [3.63, 3.8) is 0 Å². The molecule has 7 heteroatoms. The van der Waals surface area contributed by atoms with E-state index in [2.05, 4.69) is 6.92 Å². The number of nitrogens with one attached hydrogen (secondary N) is 1. The molecule has 0 fully saturated rings. The summed E-state index contributed by atoms with van der Waals surface area (Å²) in [7, 11) is 3.69. The molecule has 3 rings (SSSR count). The van der Waals surface area contributed by atoms with E-state index in [1.54, 1.807) is 19.2 Å². The van der Waals surface area contributed by atoms with Gasteiger partial charge in [0.25, 0.3) is 0 Å². The summed E-state index contributed by atoms with van der Waals surface area (Å²) in [5.41, 5.74) is 1.94. The number of rotatable bonds is 7. The Kier molecular flexibility index (Phi) is 6.03. The van der Waals surface area contributed by atoms with Crippen LogP contribution in [0.1, 0.15) is 12.5 Å². The third-order valence-electron chi connectivity index (χ3n) is 4.40. The topological polar surface area (TPSA) is 36.4 Å². The van der Waals surface area contributed by atoms with E-state index in [-0.39, 0.29) is 5.82 Å². The van der Waals surface area contributed by atoms with Gasteiger partial charge in [-0.05, 0) is 55.5 Å². The van der Waals surface area contributed by atoms with Gasteiger partial charge in [-0.2, -0.15) is 4.68 Å². The highest BCUT2D eigenvalue weighted by molar-refractivity contribution is 7.71. The summed E-state index contributed by atoms with van der Waals surface area (Å²) >= 11 is 5.63. The molecule has 0 aliphatic heterocycles. The molecule has 0 bridgehead atoms. The van der Waals surface area contributed by atoms with Crippen LogP contribution in [0.5, 0.6) is 5.75 Å². The van der Waals surface area contributed by atoms with Crippen molar-refractivity contribution in [3.05, 3.63) is 64.7 Å². The molecule has 1 atom stereocenters. The predicted octanol–water partition coefficient (Wildman–Crippen LogP) is 2.92. The van der Waals surface area contributed by atoms with Gasteiger partial charge in [-0.3, -0.25) is 0 Å². The Bertz CT molecular complexity index is 965. The highest BCUT2D eigenvalue weighted by atomic mass is 32.1. The van der Waals surface area contributed by atoms with Gasteiger partial charge in [-0.25, -0.2) is 4.39 Å². The number of hydrogen-bond acceptors (Lipinski definition) is 3. The summed E-state index contributed by atoms with van der Waals surface area (Å²) in [4.78, 5) is 1.17. The summed E-state index contributed by atoms with van der Waals surface area (Å²) in [6, 6.07) is 14.5. The molecule has 2 aromatic carbocycles. The molecule has 0 aliphatic carbocycles. The fourth-order valence-electron chi connectivity index (χ4n) is 3.09. The fourth-order valence-corrected chi connectivity index (χ4v) is 3.41. The maximum atomic E-state index is 13.4. The second-order valence-corrected chi connectivity index (χ2v) is 6.87. The number of hydrogen-bond donors (Lipinski definition) is 1. The minimum absolute atomic E-state index is 0.214. The van der Waals surface area contributed by atoms with Gasteiger partial charge in [0.2, 0.25) is 4.77 Å². The summed E-state index contributed by atoms with van der Waals surface area (Å²) in [6.45, 7) is 4.09.